The summed E-state index contributed by atoms with van der Waals surface area (Å²) in [4.78, 5) is 12.0. The molecule has 1 amide bonds. The predicted octanol–water partition coefficient (Wildman–Crippen LogP) is 2.90. The van der Waals surface area contributed by atoms with Gasteiger partial charge >= 0.3 is 0 Å². The molecule has 0 unspecified atom stereocenters. The van der Waals surface area contributed by atoms with Crippen LogP contribution in [0.15, 0.2) is 47.4 Å². The van der Waals surface area contributed by atoms with Gasteiger partial charge in [-0.05, 0) is 56.3 Å². The van der Waals surface area contributed by atoms with Crippen LogP contribution in [-0.2, 0) is 10.0 Å². The van der Waals surface area contributed by atoms with Gasteiger partial charge in [0.25, 0.3) is 5.91 Å². The van der Waals surface area contributed by atoms with E-state index in [1.165, 1.54) is 24.3 Å². The average molecular weight is 354 g/mol. The molecule has 0 aromatic heterocycles. The lowest BCUT2D eigenvalue weighted by Crippen LogP contribution is -2.30. The van der Waals surface area contributed by atoms with E-state index < -0.39 is 27.6 Å². The summed E-state index contributed by atoms with van der Waals surface area (Å²) >= 11 is 0. The number of nitrogens with one attached hydrogen (secondary N) is 2. The van der Waals surface area contributed by atoms with Crippen molar-refractivity contribution in [3.05, 3.63) is 59.7 Å². The smallest absolute Gasteiger partial charge is 0.255 e. The topological polar surface area (TPSA) is 75.3 Å². The normalized spacial score (nSPS) is 11.5. The van der Waals surface area contributed by atoms with E-state index in [1.54, 1.807) is 13.8 Å². The van der Waals surface area contributed by atoms with Crippen LogP contribution in [0.2, 0.25) is 0 Å². The van der Waals surface area contributed by atoms with Crippen LogP contribution in [0.4, 0.5) is 14.5 Å². The van der Waals surface area contributed by atoms with Gasteiger partial charge in [-0.25, -0.2) is 21.9 Å². The summed E-state index contributed by atoms with van der Waals surface area (Å²) in [5.74, 6) is -2.80. The van der Waals surface area contributed by atoms with E-state index in [9.17, 15) is 22.0 Å². The molecular formula is C16H16F2N2O3S. The summed E-state index contributed by atoms with van der Waals surface area (Å²) in [5.41, 5.74) is 0.278. The van der Waals surface area contributed by atoms with E-state index in [2.05, 4.69) is 10.0 Å². The van der Waals surface area contributed by atoms with Gasteiger partial charge < -0.3 is 5.32 Å². The fraction of sp³-hybridized carbons (Fsp3) is 0.188. The van der Waals surface area contributed by atoms with Crippen LogP contribution >= 0.6 is 0 Å². The van der Waals surface area contributed by atoms with Crippen molar-refractivity contribution in [1.29, 1.82) is 0 Å². The third kappa shape index (κ3) is 4.36. The number of halogens is 2. The van der Waals surface area contributed by atoms with Crippen molar-refractivity contribution in [3.8, 4) is 0 Å². The Morgan fingerprint density at radius 3 is 2.17 bits per heavy atom. The Morgan fingerprint density at radius 1 is 1.00 bits per heavy atom. The van der Waals surface area contributed by atoms with Gasteiger partial charge in [0.05, 0.1) is 4.90 Å². The molecule has 0 bridgehead atoms. The van der Waals surface area contributed by atoms with Gasteiger partial charge in [-0.1, -0.05) is 0 Å². The maximum Gasteiger partial charge on any atom is 0.255 e. The molecule has 0 aliphatic heterocycles. The number of anilines is 1. The molecule has 0 saturated carbocycles. The van der Waals surface area contributed by atoms with Crippen LogP contribution < -0.4 is 10.0 Å². The zero-order valence-corrected chi connectivity index (χ0v) is 13.8. The van der Waals surface area contributed by atoms with Crippen LogP contribution in [0.25, 0.3) is 0 Å². The monoisotopic (exact) mass is 354 g/mol. The number of rotatable bonds is 5. The first-order valence-corrected chi connectivity index (χ1v) is 8.56. The van der Waals surface area contributed by atoms with E-state index in [0.717, 1.165) is 18.2 Å². The van der Waals surface area contributed by atoms with Gasteiger partial charge in [-0.2, -0.15) is 0 Å². The SMILES string of the molecule is CC(C)NS(=O)(=O)c1ccc(NC(=O)c2ccc(F)c(F)c2)cc1. The van der Waals surface area contributed by atoms with Crippen LogP contribution in [-0.4, -0.2) is 20.4 Å². The highest BCUT2D eigenvalue weighted by atomic mass is 32.2. The second-order valence-electron chi connectivity index (χ2n) is 5.38. The summed E-state index contributed by atoms with van der Waals surface area (Å²) in [6, 6.07) is 8.05. The summed E-state index contributed by atoms with van der Waals surface area (Å²) in [7, 11) is -3.62. The number of carbonyl (C=O) groups is 1. The number of hydrogen-bond donors (Lipinski definition) is 2. The molecule has 8 heteroatoms. The van der Waals surface area contributed by atoms with Crippen LogP contribution in [0.5, 0.6) is 0 Å². The summed E-state index contributed by atoms with van der Waals surface area (Å²) < 4.78 is 52.4. The zero-order valence-electron chi connectivity index (χ0n) is 13.0. The van der Waals surface area contributed by atoms with Crippen molar-refractivity contribution in [2.45, 2.75) is 24.8 Å². The Hall–Kier alpha value is -2.32. The molecule has 5 nitrogen and oxygen atoms in total. The molecule has 0 atom stereocenters. The van der Waals surface area contributed by atoms with Crippen LogP contribution in [0.3, 0.4) is 0 Å². The molecule has 24 heavy (non-hydrogen) atoms. The fourth-order valence-electron chi connectivity index (χ4n) is 1.94. The number of amides is 1. The van der Waals surface area contributed by atoms with E-state index >= 15 is 0 Å². The van der Waals surface area contributed by atoms with Crippen molar-refractivity contribution in [2.75, 3.05) is 5.32 Å². The second kappa shape index (κ2) is 7.06. The van der Waals surface area contributed by atoms with Crippen LogP contribution in [0, 0.1) is 11.6 Å². The molecule has 0 heterocycles. The lowest BCUT2D eigenvalue weighted by Gasteiger charge is -2.10. The lowest BCUT2D eigenvalue weighted by atomic mass is 10.2. The number of benzene rings is 2. The highest BCUT2D eigenvalue weighted by Crippen LogP contribution is 2.16. The van der Waals surface area contributed by atoms with E-state index in [0.29, 0.717) is 5.69 Å². The molecular weight excluding hydrogens is 338 g/mol. The maximum absolute atomic E-state index is 13.1. The minimum Gasteiger partial charge on any atom is -0.322 e. The highest BCUT2D eigenvalue weighted by Gasteiger charge is 2.15. The number of carbonyl (C=O) groups excluding carboxylic acids is 1. The average Bonchev–Trinajstić information content (AvgIpc) is 2.49. The quantitative estimate of drug-likeness (QED) is 0.867. The first kappa shape index (κ1) is 18.0. The molecule has 2 aromatic rings. The molecule has 0 aliphatic rings. The van der Waals surface area contributed by atoms with Crippen molar-refractivity contribution in [2.24, 2.45) is 0 Å². The first-order valence-electron chi connectivity index (χ1n) is 7.08. The third-order valence-electron chi connectivity index (χ3n) is 3.00. The predicted molar refractivity (Wildman–Crippen MR) is 86.2 cm³/mol. The van der Waals surface area contributed by atoms with Gasteiger partial charge in [0.15, 0.2) is 11.6 Å². The van der Waals surface area contributed by atoms with Gasteiger partial charge in [-0.3, -0.25) is 4.79 Å². The van der Waals surface area contributed by atoms with Gasteiger partial charge in [0.2, 0.25) is 10.0 Å². The molecule has 0 saturated heterocycles. The minimum absolute atomic E-state index is 0.0490. The van der Waals surface area contributed by atoms with Crippen LogP contribution in [0.1, 0.15) is 24.2 Å². The maximum atomic E-state index is 13.1. The molecule has 0 fully saturated rings. The number of sulfonamides is 1. The molecule has 2 N–H and O–H groups in total. The van der Waals surface area contributed by atoms with Crippen molar-refractivity contribution < 1.29 is 22.0 Å². The summed E-state index contributed by atoms with van der Waals surface area (Å²) in [6.07, 6.45) is 0. The fourth-order valence-corrected chi connectivity index (χ4v) is 3.19. The van der Waals surface area contributed by atoms with E-state index in [4.69, 9.17) is 0 Å². The molecule has 0 radical (unpaired) electrons. The van der Waals surface area contributed by atoms with Crippen molar-refractivity contribution >= 4 is 21.6 Å². The minimum atomic E-state index is -3.62. The molecule has 128 valence electrons. The van der Waals surface area contributed by atoms with Gasteiger partial charge in [0, 0.05) is 17.3 Å². The molecule has 2 rings (SSSR count). The largest absolute Gasteiger partial charge is 0.322 e. The summed E-state index contributed by atoms with van der Waals surface area (Å²) in [5, 5.41) is 2.48. The standard InChI is InChI=1S/C16H16F2N2O3S/c1-10(2)20-24(22,23)13-6-4-12(5-7-13)19-16(21)11-3-8-14(17)15(18)9-11/h3-10,20H,1-2H3,(H,19,21). The Balaban J connectivity index is 2.14. The van der Waals surface area contributed by atoms with Gasteiger partial charge in [-0.15, -0.1) is 0 Å². The molecule has 2 aromatic carbocycles. The first-order chi connectivity index (χ1) is 11.2. The van der Waals surface area contributed by atoms with E-state index in [1.807, 2.05) is 0 Å². The highest BCUT2D eigenvalue weighted by molar-refractivity contribution is 7.89. The van der Waals surface area contributed by atoms with Crippen molar-refractivity contribution in [1.82, 2.24) is 4.72 Å². The molecule has 0 aliphatic carbocycles. The molecule has 0 spiro atoms. The second-order valence-corrected chi connectivity index (χ2v) is 7.10. The van der Waals surface area contributed by atoms with Gasteiger partial charge in [0.1, 0.15) is 0 Å². The Morgan fingerprint density at radius 2 is 1.62 bits per heavy atom. The lowest BCUT2D eigenvalue weighted by molar-refractivity contribution is 0.102. The van der Waals surface area contributed by atoms with Crippen molar-refractivity contribution in [3.63, 3.8) is 0 Å². The number of hydrogen-bond acceptors (Lipinski definition) is 3. The Bertz CT molecular complexity index is 850. The summed E-state index contributed by atoms with van der Waals surface area (Å²) in [6.45, 7) is 3.40. The van der Waals surface area contributed by atoms with E-state index in [-0.39, 0.29) is 16.5 Å². The Kier molecular flexibility index (Phi) is 5.30. The Labute approximate surface area is 138 Å². The third-order valence-corrected chi connectivity index (χ3v) is 4.67. The zero-order chi connectivity index (χ0) is 17.9.